The van der Waals surface area contributed by atoms with Gasteiger partial charge in [0.25, 0.3) is 10.0 Å². The van der Waals surface area contributed by atoms with Gasteiger partial charge in [-0.3, -0.25) is 4.72 Å². The molecule has 0 fully saturated rings. The lowest BCUT2D eigenvalue weighted by molar-refractivity contribution is 0.322. The third-order valence-electron chi connectivity index (χ3n) is 5.00. The van der Waals surface area contributed by atoms with E-state index in [4.69, 9.17) is 14.2 Å². The van der Waals surface area contributed by atoms with Gasteiger partial charge in [0, 0.05) is 23.5 Å². The van der Waals surface area contributed by atoms with Crippen molar-refractivity contribution in [1.82, 2.24) is 20.0 Å². The summed E-state index contributed by atoms with van der Waals surface area (Å²) in [6.45, 7) is 8.21. The SMILES string of the molecule is CCOc1ccc(OCC)c(S(=O)(=O)Nc2ccc(Oc3ccc(-n4nc(C)cc4C)nn3)cc2)c1. The van der Waals surface area contributed by atoms with E-state index < -0.39 is 10.0 Å². The highest BCUT2D eigenvalue weighted by atomic mass is 32.2. The van der Waals surface area contributed by atoms with Gasteiger partial charge < -0.3 is 14.2 Å². The maximum atomic E-state index is 13.1. The second-order valence-corrected chi connectivity index (χ2v) is 9.43. The van der Waals surface area contributed by atoms with Crippen molar-refractivity contribution in [2.45, 2.75) is 32.6 Å². The van der Waals surface area contributed by atoms with Crippen LogP contribution in [0, 0.1) is 13.8 Å². The third kappa shape index (κ3) is 5.74. The van der Waals surface area contributed by atoms with Crippen LogP contribution < -0.4 is 18.9 Å². The molecule has 0 aliphatic rings. The highest BCUT2D eigenvalue weighted by molar-refractivity contribution is 7.92. The molecule has 2 heterocycles. The van der Waals surface area contributed by atoms with Crippen LogP contribution in [0.25, 0.3) is 5.82 Å². The maximum Gasteiger partial charge on any atom is 0.265 e. The number of aryl methyl sites for hydroxylation is 2. The largest absolute Gasteiger partial charge is 0.494 e. The lowest BCUT2D eigenvalue weighted by Crippen LogP contribution is -2.14. The smallest absolute Gasteiger partial charge is 0.265 e. The van der Waals surface area contributed by atoms with Gasteiger partial charge in [-0.1, -0.05) is 0 Å². The van der Waals surface area contributed by atoms with E-state index in [-0.39, 0.29) is 10.6 Å². The standard InChI is InChI=1S/C25H27N5O5S/c1-5-33-21-11-12-22(34-6-2)23(16-21)36(31,32)29-19-7-9-20(10-8-19)35-25-14-13-24(26-27-25)30-18(4)15-17(3)28-30/h7-16,29H,5-6H2,1-4H3. The van der Waals surface area contributed by atoms with E-state index in [0.717, 1.165) is 11.4 Å². The number of nitrogens with zero attached hydrogens (tertiary/aromatic N) is 4. The summed E-state index contributed by atoms with van der Waals surface area (Å²) in [4.78, 5) is -0.00592. The van der Waals surface area contributed by atoms with Crippen LogP contribution in [0.15, 0.2) is 65.6 Å². The predicted molar refractivity (Wildman–Crippen MR) is 135 cm³/mol. The molecule has 4 rings (SSSR count). The van der Waals surface area contributed by atoms with E-state index in [2.05, 4.69) is 20.0 Å². The van der Waals surface area contributed by atoms with Crippen molar-refractivity contribution < 1.29 is 22.6 Å². The Hall–Kier alpha value is -4.12. The van der Waals surface area contributed by atoms with Crippen molar-refractivity contribution in [2.75, 3.05) is 17.9 Å². The van der Waals surface area contributed by atoms with Crippen LogP contribution in [0.2, 0.25) is 0 Å². The summed E-state index contributed by atoms with van der Waals surface area (Å²) in [6, 6.07) is 16.6. The van der Waals surface area contributed by atoms with E-state index >= 15 is 0 Å². The minimum atomic E-state index is -3.94. The molecule has 0 saturated carbocycles. The number of hydrogen-bond acceptors (Lipinski definition) is 8. The number of sulfonamides is 1. The molecule has 188 valence electrons. The Morgan fingerprint density at radius 1 is 0.861 bits per heavy atom. The molecule has 0 atom stereocenters. The summed E-state index contributed by atoms with van der Waals surface area (Å²) < 4.78 is 47.2. The molecule has 0 saturated heterocycles. The highest BCUT2D eigenvalue weighted by Gasteiger charge is 2.21. The van der Waals surface area contributed by atoms with Crippen LogP contribution in [-0.4, -0.2) is 41.6 Å². The molecule has 0 aliphatic heterocycles. The first-order chi connectivity index (χ1) is 17.3. The average molecular weight is 510 g/mol. The van der Waals surface area contributed by atoms with Gasteiger partial charge in [0.1, 0.15) is 22.1 Å². The molecular formula is C25H27N5O5S. The number of nitrogens with one attached hydrogen (secondary N) is 1. The molecule has 0 amide bonds. The van der Waals surface area contributed by atoms with Crippen LogP contribution in [0.5, 0.6) is 23.1 Å². The molecule has 2 aromatic carbocycles. The van der Waals surface area contributed by atoms with Crippen molar-refractivity contribution in [3.05, 3.63) is 72.1 Å². The summed E-state index contributed by atoms with van der Waals surface area (Å²) in [5, 5.41) is 12.7. The van der Waals surface area contributed by atoms with Crippen LogP contribution >= 0.6 is 0 Å². The van der Waals surface area contributed by atoms with Crippen molar-refractivity contribution in [3.63, 3.8) is 0 Å². The first-order valence-electron chi connectivity index (χ1n) is 11.4. The number of hydrogen-bond donors (Lipinski definition) is 1. The molecule has 0 radical (unpaired) electrons. The summed E-state index contributed by atoms with van der Waals surface area (Å²) >= 11 is 0. The van der Waals surface area contributed by atoms with E-state index in [1.165, 1.54) is 6.07 Å². The summed E-state index contributed by atoms with van der Waals surface area (Å²) in [7, 11) is -3.94. The van der Waals surface area contributed by atoms with E-state index in [9.17, 15) is 8.42 Å². The number of ether oxygens (including phenoxy) is 3. The average Bonchev–Trinajstić information content (AvgIpc) is 3.19. The fourth-order valence-electron chi connectivity index (χ4n) is 3.49. The zero-order chi connectivity index (χ0) is 25.7. The van der Waals surface area contributed by atoms with Crippen LogP contribution in [0.3, 0.4) is 0 Å². The summed E-state index contributed by atoms with van der Waals surface area (Å²) in [5.74, 6) is 2.03. The van der Waals surface area contributed by atoms with Gasteiger partial charge in [0.15, 0.2) is 5.82 Å². The Labute approximate surface area is 209 Å². The van der Waals surface area contributed by atoms with Crippen molar-refractivity contribution in [2.24, 2.45) is 0 Å². The second kappa shape index (κ2) is 10.6. The lowest BCUT2D eigenvalue weighted by Gasteiger charge is -2.14. The molecule has 0 unspecified atom stereocenters. The molecule has 0 aliphatic carbocycles. The fraction of sp³-hybridized carbons (Fsp3) is 0.240. The van der Waals surface area contributed by atoms with Gasteiger partial charge >= 0.3 is 0 Å². The molecule has 0 spiro atoms. The predicted octanol–water partition coefficient (Wildman–Crippen LogP) is 4.67. The minimum Gasteiger partial charge on any atom is -0.494 e. The second-order valence-electron chi connectivity index (χ2n) is 7.78. The van der Waals surface area contributed by atoms with Crippen molar-refractivity contribution >= 4 is 15.7 Å². The number of rotatable bonds is 10. The Kier molecular flexibility index (Phi) is 7.39. The molecule has 0 bridgehead atoms. The van der Waals surface area contributed by atoms with Gasteiger partial charge in [0.2, 0.25) is 5.88 Å². The van der Waals surface area contributed by atoms with E-state index in [0.29, 0.717) is 42.1 Å². The fourth-order valence-corrected chi connectivity index (χ4v) is 4.71. The Balaban J connectivity index is 1.47. The monoisotopic (exact) mass is 509 g/mol. The number of benzene rings is 2. The van der Waals surface area contributed by atoms with Crippen molar-refractivity contribution in [3.8, 4) is 28.9 Å². The number of anilines is 1. The summed E-state index contributed by atoms with van der Waals surface area (Å²) in [5.41, 5.74) is 2.20. The molecule has 1 N–H and O–H groups in total. The maximum absolute atomic E-state index is 13.1. The van der Waals surface area contributed by atoms with Crippen LogP contribution in [0.4, 0.5) is 5.69 Å². The minimum absolute atomic E-state index is 0.00592. The Morgan fingerprint density at radius 3 is 2.19 bits per heavy atom. The Morgan fingerprint density at radius 2 is 1.58 bits per heavy atom. The molecule has 11 heteroatoms. The first kappa shape index (κ1) is 25.0. The normalized spacial score (nSPS) is 11.2. The van der Waals surface area contributed by atoms with Gasteiger partial charge in [0.05, 0.1) is 18.9 Å². The third-order valence-corrected chi connectivity index (χ3v) is 6.40. The van der Waals surface area contributed by atoms with E-state index in [1.807, 2.05) is 26.8 Å². The van der Waals surface area contributed by atoms with Gasteiger partial charge in [-0.05, 0) is 76.2 Å². The van der Waals surface area contributed by atoms with Gasteiger partial charge in [-0.15, -0.1) is 10.2 Å². The molecule has 4 aromatic rings. The molecule has 36 heavy (non-hydrogen) atoms. The molecule has 10 nitrogen and oxygen atoms in total. The van der Waals surface area contributed by atoms with Gasteiger partial charge in [-0.25, -0.2) is 13.1 Å². The molecular weight excluding hydrogens is 482 g/mol. The van der Waals surface area contributed by atoms with E-state index in [1.54, 1.807) is 60.1 Å². The first-order valence-corrected chi connectivity index (χ1v) is 12.8. The zero-order valence-electron chi connectivity index (χ0n) is 20.4. The highest BCUT2D eigenvalue weighted by Crippen LogP contribution is 2.31. The van der Waals surface area contributed by atoms with Gasteiger partial charge in [-0.2, -0.15) is 5.10 Å². The van der Waals surface area contributed by atoms with Crippen LogP contribution in [-0.2, 0) is 10.0 Å². The lowest BCUT2D eigenvalue weighted by atomic mass is 10.3. The topological polar surface area (TPSA) is 117 Å². The number of aromatic nitrogens is 4. The summed E-state index contributed by atoms with van der Waals surface area (Å²) in [6.07, 6.45) is 0. The zero-order valence-corrected chi connectivity index (χ0v) is 21.2. The molecule has 2 aromatic heterocycles. The quantitative estimate of drug-likeness (QED) is 0.328. The Bertz CT molecular complexity index is 1430. The van der Waals surface area contributed by atoms with Crippen molar-refractivity contribution in [1.29, 1.82) is 0 Å². The van der Waals surface area contributed by atoms with Crippen LogP contribution in [0.1, 0.15) is 25.2 Å².